The van der Waals surface area contributed by atoms with E-state index in [1.54, 1.807) is 0 Å². The molecule has 0 heterocycles. The van der Waals surface area contributed by atoms with E-state index in [0.29, 0.717) is 19.8 Å². The maximum Gasteiger partial charge on any atom is 0.319 e. The third-order valence-electron chi connectivity index (χ3n) is 2.47. The molecule has 0 bridgehead atoms. The van der Waals surface area contributed by atoms with E-state index >= 15 is 0 Å². The molecule has 0 N–H and O–H groups in total. The number of esters is 1. The molecule has 0 aromatic heterocycles. The van der Waals surface area contributed by atoms with E-state index in [1.807, 2.05) is 4.90 Å². The van der Waals surface area contributed by atoms with Crippen LogP contribution >= 0.6 is 0 Å². The molecular weight excluding hydrogens is 290 g/mol. The van der Waals surface area contributed by atoms with Crippen LogP contribution in [-0.4, -0.2) is 67.5 Å². The predicted molar refractivity (Wildman–Crippen MR) is 87.1 cm³/mol. The highest BCUT2D eigenvalue weighted by Crippen LogP contribution is 2.04. The molecule has 0 atom stereocenters. The van der Waals surface area contributed by atoms with Crippen LogP contribution in [0.5, 0.6) is 0 Å². The fraction of sp³-hybridized carbons (Fsp3) is 0.923. The Balaban J connectivity index is 4.17. The lowest BCUT2D eigenvalue weighted by molar-refractivity contribution is -0.142. The van der Waals surface area contributed by atoms with E-state index in [4.69, 9.17) is 13.6 Å². The maximum atomic E-state index is 11.4. The van der Waals surface area contributed by atoms with Crippen molar-refractivity contribution in [3.05, 3.63) is 0 Å². The van der Waals surface area contributed by atoms with Crippen molar-refractivity contribution >= 4 is 22.6 Å². The Morgan fingerprint density at radius 3 is 1.60 bits per heavy atom. The molecule has 0 amide bonds. The molecule has 5 nitrogen and oxygen atoms in total. The molecule has 0 aliphatic carbocycles. The van der Waals surface area contributed by atoms with E-state index in [0.717, 1.165) is 13.1 Å². The van der Waals surface area contributed by atoms with Crippen LogP contribution in [0.15, 0.2) is 0 Å². The molecule has 0 spiro atoms. The van der Waals surface area contributed by atoms with Gasteiger partial charge in [-0.2, -0.15) is 0 Å². The molecule has 0 unspecified atom stereocenters. The standard InChI is InChI=1S/C13H31NO4Si2/c1-16-13(15)12-14(8-10-17-19(2,3)4)9-11-18-20(5,6)7/h8-12H2,1-7H3. The molecule has 0 aliphatic rings. The van der Waals surface area contributed by atoms with Crippen molar-refractivity contribution in [1.29, 1.82) is 0 Å². The second-order valence-corrected chi connectivity index (χ2v) is 15.8. The van der Waals surface area contributed by atoms with E-state index in [-0.39, 0.29) is 5.97 Å². The van der Waals surface area contributed by atoms with Crippen molar-refractivity contribution in [2.75, 3.05) is 40.0 Å². The van der Waals surface area contributed by atoms with E-state index < -0.39 is 16.6 Å². The van der Waals surface area contributed by atoms with Crippen LogP contribution in [0.3, 0.4) is 0 Å². The van der Waals surface area contributed by atoms with Gasteiger partial charge in [0.15, 0.2) is 16.6 Å². The molecule has 0 aromatic rings. The Labute approximate surface area is 125 Å². The van der Waals surface area contributed by atoms with Crippen LogP contribution < -0.4 is 0 Å². The van der Waals surface area contributed by atoms with Gasteiger partial charge >= 0.3 is 5.97 Å². The Kier molecular flexibility index (Phi) is 8.84. The van der Waals surface area contributed by atoms with E-state index in [1.165, 1.54) is 7.11 Å². The molecule has 0 saturated carbocycles. The van der Waals surface area contributed by atoms with Crippen molar-refractivity contribution < 1.29 is 18.4 Å². The second kappa shape index (κ2) is 8.94. The lowest BCUT2D eigenvalue weighted by Gasteiger charge is -2.25. The van der Waals surface area contributed by atoms with Gasteiger partial charge in [-0.25, -0.2) is 0 Å². The van der Waals surface area contributed by atoms with Gasteiger partial charge in [0.1, 0.15) is 0 Å². The smallest absolute Gasteiger partial charge is 0.319 e. The number of methoxy groups -OCH3 is 1. The van der Waals surface area contributed by atoms with Crippen molar-refractivity contribution in [2.24, 2.45) is 0 Å². The minimum atomic E-state index is -1.50. The Hall–Kier alpha value is -0.216. The topological polar surface area (TPSA) is 48.0 Å². The maximum absolute atomic E-state index is 11.4. The zero-order chi connectivity index (χ0) is 15.8. The Bertz CT molecular complexity index is 267. The molecule has 7 heteroatoms. The largest absolute Gasteiger partial charge is 0.468 e. The number of hydrogen-bond acceptors (Lipinski definition) is 5. The van der Waals surface area contributed by atoms with Crippen LogP contribution in [0.25, 0.3) is 0 Å². The third kappa shape index (κ3) is 12.8. The normalized spacial score (nSPS) is 12.8. The van der Waals surface area contributed by atoms with Gasteiger partial charge in [-0.3, -0.25) is 9.69 Å². The summed E-state index contributed by atoms with van der Waals surface area (Å²) in [5, 5.41) is 0. The number of hydrogen-bond donors (Lipinski definition) is 0. The van der Waals surface area contributed by atoms with Gasteiger partial charge < -0.3 is 13.6 Å². The highest BCUT2D eigenvalue weighted by molar-refractivity contribution is 6.70. The molecule has 0 fully saturated rings. The average Bonchev–Trinajstić information content (AvgIpc) is 2.25. The first kappa shape index (κ1) is 19.8. The van der Waals surface area contributed by atoms with Crippen LogP contribution in [0.1, 0.15) is 0 Å². The highest BCUT2D eigenvalue weighted by Gasteiger charge is 2.18. The van der Waals surface area contributed by atoms with Crippen molar-refractivity contribution in [3.8, 4) is 0 Å². The number of carbonyl (C=O) groups is 1. The molecular formula is C13H31NO4Si2. The first-order valence-corrected chi connectivity index (χ1v) is 13.9. The van der Waals surface area contributed by atoms with Gasteiger partial charge in [0, 0.05) is 26.3 Å². The molecule has 0 saturated heterocycles. The third-order valence-corrected chi connectivity index (χ3v) is 4.61. The minimum absolute atomic E-state index is 0.217. The number of nitrogens with zero attached hydrogens (tertiary/aromatic N) is 1. The number of rotatable bonds is 10. The zero-order valence-corrected chi connectivity index (χ0v) is 16.1. The van der Waals surface area contributed by atoms with Crippen molar-refractivity contribution in [3.63, 3.8) is 0 Å². The Morgan fingerprint density at radius 1 is 0.900 bits per heavy atom. The van der Waals surface area contributed by atoms with Crippen LogP contribution in [0.2, 0.25) is 39.3 Å². The molecule has 0 rings (SSSR count). The molecule has 0 aromatic carbocycles. The molecule has 0 radical (unpaired) electrons. The summed E-state index contributed by atoms with van der Waals surface area (Å²) in [5.41, 5.74) is 0. The summed E-state index contributed by atoms with van der Waals surface area (Å²) in [6, 6.07) is 0. The fourth-order valence-corrected chi connectivity index (χ4v) is 2.89. The number of carbonyl (C=O) groups excluding carboxylic acids is 1. The van der Waals surface area contributed by atoms with Gasteiger partial charge in [-0.05, 0) is 39.3 Å². The quantitative estimate of drug-likeness (QED) is 0.456. The molecule has 20 heavy (non-hydrogen) atoms. The SMILES string of the molecule is COC(=O)CN(CCO[Si](C)(C)C)CCO[Si](C)(C)C. The lowest BCUT2D eigenvalue weighted by Crippen LogP contribution is -2.39. The predicted octanol–water partition coefficient (Wildman–Crippen LogP) is 2.16. The van der Waals surface area contributed by atoms with E-state index in [9.17, 15) is 4.79 Å². The highest BCUT2D eigenvalue weighted by atomic mass is 28.4. The van der Waals surface area contributed by atoms with Crippen LogP contribution in [0.4, 0.5) is 0 Å². The second-order valence-electron chi connectivity index (χ2n) is 6.77. The first-order valence-electron chi connectivity index (χ1n) is 7.10. The Morgan fingerprint density at radius 2 is 1.30 bits per heavy atom. The monoisotopic (exact) mass is 321 g/mol. The van der Waals surface area contributed by atoms with Gasteiger partial charge in [0.2, 0.25) is 0 Å². The fourth-order valence-electron chi connectivity index (χ4n) is 1.48. The van der Waals surface area contributed by atoms with Crippen molar-refractivity contribution in [2.45, 2.75) is 39.3 Å². The average molecular weight is 322 g/mol. The summed E-state index contributed by atoms with van der Waals surface area (Å²) in [5.74, 6) is -0.217. The van der Waals surface area contributed by atoms with Crippen molar-refractivity contribution in [1.82, 2.24) is 4.90 Å². The van der Waals surface area contributed by atoms with Crippen LogP contribution in [-0.2, 0) is 18.4 Å². The summed E-state index contributed by atoms with van der Waals surface area (Å²) in [7, 11) is -1.59. The summed E-state index contributed by atoms with van der Waals surface area (Å²) in [4.78, 5) is 13.4. The summed E-state index contributed by atoms with van der Waals surface area (Å²) in [6.45, 7) is 16.0. The van der Waals surface area contributed by atoms with Gasteiger partial charge in [0.05, 0.1) is 13.7 Å². The zero-order valence-electron chi connectivity index (χ0n) is 14.1. The lowest BCUT2D eigenvalue weighted by atomic mass is 10.4. The van der Waals surface area contributed by atoms with Crippen LogP contribution in [0, 0.1) is 0 Å². The summed E-state index contributed by atoms with van der Waals surface area (Å²) >= 11 is 0. The van der Waals surface area contributed by atoms with E-state index in [2.05, 4.69) is 39.3 Å². The summed E-state index contributed by atoms with van der Waals surface area (Å²) in [6.07, 6.45) is 0. The molecule has 120 valence electrons. The van der Waals surface area contributed by atoms with Gasteiger partial charge in [0.25, 0.3) is 0 Å². The van der Waals surface area contributed by atoms with Gasteiger partial charge in [-0.15, -0.1) is 0 Å². The van der Waals surface area contributed by atoms with Gasteiger partial charge in [-0.1, -0.05) is 0 Å². The first-order chi connectivity index (χ1) is 9.03. The summed E-state index contributed by atoms with van der Waals surface area (Å²) < 4.78 is 16.4. The molecule has 0 aliphatic heterocycles. The number of ether oxygens (including phenoxy) is 1. The minimum Gasteiger partial charge on any atom is -0.468 e.